The van der Waals surface area contributed by atoms with E-state index in [1.165, 1.54) is 70.3 Å². The van der Waals surface area contributed by atoms with Crippen LogP contribution in [0, 0.1) is 0 Å². The molecule has 1 aromatic rings. The largest absolute Gasteiger partial charge is 0.468 e. The highest BCUT2D eigenvalue weighted by Gasteiger charge is 2.25. The smallest absolute Gasteiger partial charge is 0.338 e. The summed E-state index contributed by atoms with van der Waals surface area (Å²) in [7, 11) is 1.18. The van der Waals surface area contributed by atoms with Gasteiger partial charge in [-0.3, -0.25) is 9.59 Å². The molecule has 1 rings (SSSR count). The van der Waals surface area contributed by atoms with Crippen LogP contribution in [0.4, 0.5) is 5.69 Å². The van der Waals surface area contributed by atoms with Crippen LogP contribution in [-0.2, 0) is 19.1 Å². The zero-order valence-electron chi connectivity index (χ0n) is 18.4. The average molecular weight is 519 g/mol. The minimum atomic E-state index is -1.18. The van der Waals surface area contributed by atoms with Crippen LogP contribution in [0.2, 0.25) is 5.02 Å². The SMILES string of the molecule is CCCCCCCCCCCCOC(=O)c1ccc(Cl)c(NC(=O)C(Br)C(=O)OC)c1. The van der Waals surface area contributed by atoms with Crippen LogP contribution < -0.4 is 5.32 Å². The fourth-order valence-corrected chi connectivity index (χ4v) is 3.46. The quantitative estimate of drug-likeness (QED) is 0.128. The van der Waals surface area contributed by atoms with Gasteiger partial charge >= 0.3 is 11.9 Å². The standard InChI is InChI=1S/C23H33BrClNO5/c1-3-4-5-6-7-8-9-10-11-12-15-31-22(28)17-13-14-18(25)19(16-17)26-21(27)20(24)23(29)30-2/h13-14,16,20H,3-12,15H2,1-2H3,(H,26,27). The maximum atomic E-state index is 12.3. The van der Waals surface area contributed by atoms with Gasteiger partial charge in [0.15, 0.2) is 4.83 Å². The van der Waals surface area contributed by atoms with Crippen LogP contribution in [0.5, 0.6) is 0 Å². The highest BCUT2D eigenvalue weighted by molar-refractivity contribution is 9.10. The molecule has 1 amide bonds. The number of carbonyl (C=O) groups is 3. The molecule has 0 saturated carbocycles. The van der Waals surface area contributed by atoms with E-state index in [2.05, 4.69) is 32.9 Å². The number of halogens is 2. The molecule has 0 radical (unpaired) electrons. The summed E-state index contributed by atoms with van der Waals surface area (Å²) in [5, 5.41) is 2.75. The number of alkyl halides is 1. The predicted octanol–water partition coefficient (Wildman–Crippen LogP) is 6.29. The Morgan fingerprint density at radius 3 is 2.16 bits per heavy atom. The lowest BCUT2D eigenvalue weighted by Crippen LogP contribution is -2.31. The molecule has 1 unspecified atom stereocenters. The second kappa shape index (κ2) is 16.1. The van der Waals surface area contributed by atoms with Gasteiger partial charge in [-0.15, -0.1) is 0 Å². The zero-order valence-corrected chi connectivity index (χ0v) is 20.7. The summed E-state index contributed by atoms with van der Waals surface area (Å²) >= 11 is 9.04. The first-order valence-corrected chi connectivity index (χ1v) is 12.2. The number of methoxy groups -OCH3 is 1. The van der Waals surface area contributed by atoms with Crippen LogP contribution in [0.1, 0.15) is 81.5 Å². The molecule has 0 aromatic heterocycles. The van der Waals surface area contributed by atoms with Crippen molar-refractivity contribution in [3.05, 3.63) is 28.8 Å². The van der Waals surface area contributed by atoms with Gasteiger partial charge in [0.2, 0.25) is 5.91 Å². The van der Waals surface area contributed by atoms with Gasteiger partial charge in [0.25, 0.3) is 0 Å². The number of nitrogens with one attached hydrogen (secondary N) is 1. The molecule has 31 heavy (non-hydrogen) atoms. The summed E-state index contributed by atoms with van der Waals surface area (Å²) in [6, 6.07) is 4.46. The second-order valence-corrected chi connectivity index (χ2v) is 8.71. The Labute approximate surface area is 198 Å². The van der Waals surface area contributed by atoms with Gasteiger partial charge < -0.3 is 14.8 Å². The van der Waals surface area contributed by atoms with Crippen molar-refractivity contribution in [2.75, 3.05) is 19.0 Å². The minimum Gasteiger partial charge on any atom is -0.468 e. The number of esters is 2. The highest BCUT2D eigenvalue weighted by Crippen LogP contribution is 2.24. The van der Waals surface area contributed by atoms with Crippen molar-refractivity contribution < 1.29 is 23.9 Å². The first kappa shape index (κ1) is 27.4. The first-order valence-electron chi connectivity index (χ1n) is 10.9. The predicted molar refractivity (Wildman–Crippen MR) is 127 cm³/mol. The van der Waals surface area contributed by atoms with E-state index in [4.69, 9.17) is 16.3 Å². The summed E-state index contributed by atoms with van der Waals surface area (Å²) in [6.07, 6.45) is 12.1. The van der Waals surface area contributed by atoms with Gasteiger partial charge in [0, 0.05) is 0 Å². The topological polar surface area (TPSA) is 81.7 Å². The van der Waals surface area contributed by atoms with Crippen LogP contribution in [-0.4, -0.2) is 36.4 Å². The Balaban J connectivity index is 2.35. The van der Waals surface area contributed by atoms with Gasteiger partial charge in [-0.2, -0.15) is 0 Å². The maximum absolute atomic E-state index is 12.3. The number of rotatable bonds is 15. The second-order valence-electron chi connectivity index (χ2n) is 7.39. The molecule has 1 aromatic carbocycles. The molecule has 6 nitrogen and oxygen atoms in total. The number of benzene rings is 1. The van der Waals surface area contributed by atoms with Gasteiger partial charge in [-0.1, -0.05) is 92.2 Å². The third-order valence-electron chi connectivity index (χ3n) is 4.83. The van der Waals surface area contributed by atoms with E-state index < -0.39 is 22.7 Å². The van der Waals surface area contributed by atoms with E-state index in [-0.39, 0.29) is 16.3 Å². The number of ether oxygens (including phenoxy) is 2. The third-order valence-corrected chi connectivity index (χ3v) is 5.95. The van der Waals surface area contributed by atoms with Crippen molar-refractivity contribution in [3.63, 3.8) is 0 Å². The first-order chi connectivity index (χ1) is 14.9. The molecule has 0 spiro atoms. The van der Waals surface area contributed by atoms with Crippen molar-refractivity contribution in [1.29, 1.82) is 0 Å². The molecule has 0 aliphatic carbocycles. The number of hydrogen-bond acceptors (Lipinski definition) is 5. The third kappa shape index (κ3) is 11.0. The van der Waals surface area contributed by atoms with Gasteiger partial charge in [-0.05, 0) is 24.6 Å². The molecule has 0 aliphatic rings. The molecule has 0 aliphatic heterocycles. The van der Waals surface area contributed by atoms with Crippen LogP contribution in [0.15, 0.2) is 18.2 Å². The van der Waals surface area contributed by atoms with Gasteiger partial charge in [-0.25, -0.2) is 4.79 Å². The number of anilines is 1. The molecule has 0 fully saturated rings. The van der Waals surface area contributed by atoms with Crippen molar-refractivity contribution in [1.82, 2.24) is 0 Å². The molecule has 0 bridgehead atoms. The number of hydrogen-bond donors (Lipinski definition) is 1. The molecule has 0 heterocycles. The van der Waals surface area contributed by atoms with E-state index >= 15 is 0 Å². The molecular formula is C23H33BrClNO5. The summed E-state index contributed by atoms with van der Waals surface area (Å²) in [6.45, 7) is 2.58. The summed E-state index contributed by atoms with van der Waals surface area (Å²) < 4.78 is 9.84. The summed E-state index contributed by atoms with van der Waals surface area (Å²) in [4.78, 5) is 34.6. The number of unbranched alkanes of at least 4 members (excludes halogenated alkanes) is 9. The number of carbonyl (C=O) groups excluding carboxylic acids is 3. The lowest BCUT2D eigenvalue weighted by molar-refractivity contribution is -0.141. The maximum Gasteiger partial charge on any atom is 0.338 e. The summed E-state index contributed by atoms with van der Waals surface area (Å²) in [5.41, 5.74) is 0.490. The molecule has 1 atom stereocenters. The average Bonchev–Trinajstić information content (AvgIpc) is 2.77. The van der Waals surface area contributed by atoms with E-state index in [0.29, 0.717) is 6.61 Å². The molecule has 1 N–H and O–H groups in total. The van der Waals surface area contributed by atoms with Crippen molar-refractivity contribution in [2.24, 2.45) is 0 Å². The van der Waals surface area contributed by atoms with E-state index in [0.717, 1.165) is 19.3 Å². The van der Waals surface area contributed by atoms with Crippen LogP contribution in [0.25, 0.3) is 0 Å². The molecule has 8 heteroatoms. The Morgan fingerprint density at radius 1 is 1.00 bits per heavy atom. The van der Waals surface area contributed by atoms with E-state index in [9.17, 15) is 14.4 Å². The highest BCUT2D eigenvalue weighted by atomic mass is 79.9. The van der Waals surface area contributed by atoms with Gasteiger partial charge in [0.05, 0.1) is 30.0 Å². The Morgan fingerprint density at radius 2 is 1.58 bits per heavy atom. The lowest BCUT2D eigenvalue weighted by atomic mass is 10.1. The Hall–Kier alpha value is -1.60. The fraction of sp³-hybridized carbons (Fsp3) is 0.609. The van der Waals surface area contributed by atoms with Crippen LogP contribution >= 0.6 is 27.5 Å². The van der Waals surface area contributed by atoms with Gasteiger partial charge in [0.1, 0.15) is 0 Å². The monoisotopic (exact) mass is 517 g/mol. The molecule has 0 saturated heterocycles. The summed E-state index contributed by atoms with van der Waals surface area (Å²) in [5.74, 6) is -1.86. The van der Waals surface area contributed by atoms with Crippen molar-refractivity contribution in [2.45, 2.75) is 76.0 Å². The van der Waals surface area contributed by atoms with E-state index in [1.807, 2.05) is 0 Å². The lowest BCUT2D eigenvalue weighted by Gasteiger charge is -2.12. The minimum absolute atomic E-state index is 0.216. The Kier molecular flexibility index (Phi) is 14.2. The molecule has 174 valence electrons. The van der Waals surface area contributed by atoms with Crippen molar-refractivity contribution in [3.8, 4) is 0 Å². The molecular weight excluding hydrogens is 486 g/mol. The van der Waals surface area contributed by atoms with Crippen molar-refractivity contribution >= 4 is 51.1 Å². The van der Waals surface area contributed by atoms with Crippen LogP contribution in [0.3, 0.4) is 0 Å². The number of amides is 1. The fourth-order valence-electron chi connectivity index (χ4n) is 2.99. The van der Waals surface area contributed by atoms with E-state index in [1.54, 1.807) is 0 Å². The zero-order chi connectivity index (χ0) is 23.1. The Bertz CT molecular complexity index is 713. The normalized spacial score (nSPS) is 11.6.